The summed E-state index contributed by atoms with van der Waals surface area (Å²) in [5.41, 5.74) is 0. The van der Waals surface area contributed by atoms with Gasteiger partial charge in [-0.2, -0.15) is 0 Å². The third-order valence-electron chi connectivity index (χ3n) is 1.66. The van der Waals surface area contributed by atoms with Crippen LogP contribution in [0.2, 0.25) is 0 Å². The largest absolute Gasteiger partial charge is 0.395 e. The average molecular weight is 233 g/mol. The smallest absolute Gasteiger partial charge is 0.394 e. The summed E-state index contributed by atoms with van der Waals surface area (Å²) in [4.78, 5) is 13.6. The third kappa shape index (κ3) is 2.91. The molecule has 1 atom stereocenters. The van der Waals surface area contributed by atoms with Gasteiger partial charge in [0.15, 0.2) is 5.03 Å². The van der Waals surface area contributed by atoms with Crippen LogP contribution in [0, 0.1) is 10.1 Å². The first kappa shape index (κ1) is 12.0. The van der Waals surface area contributed by atoms with Crippen molar-refractivity contribution >= 4 is 17.6 Å². The van der Waals surface area contributed by atoms with E-state index in [2.05, 4.69) is 4.98 Å². The van der Waals surface area contributed by atoms with Gasteiger partial charge in [-0.1, -0.05) is 11.8 Å². The first-order valence-electron chi connectivity index (χ1n) is 4.13. The van der Waals surface area contributed by atoms with Crippen molar-refractivity contribution in [1.29, 1.82) is 0 Å². The Balaban J connectivity index is 2.75. The maximum Gasteiger partial charge on any atom is 0.395 e. The Hall–Kier alpha value is -1.12. The zero-order valence-electron chi connectivity index (χ0n) is 8.03. The van der Waals surface area contributed by atoms with Crippen molar-refractivity contribution in [2.45, 2.75) is 11.1 Å². The van der Waals surface area contributed by atoms with Gasteiger partial charge in [-0.3, -0.25) is 0 Å². The van der Waals surface area contributed by atoms with E-state index in [0.29, 0.717) is 5.03 Å². The molecule has 0 aliphatic rings. The molecule has 0 aromatic carbocycles. The SMILES string of the molecule is Cn1cnc([N+](=O)[O-])c1SC[C@@H](O)CO. The van der Waals surface area contributed by atoms with E-state index in [-0.39, 0.29) is 18.2 Å². The number of thioether (sulfide) groups is 1. The molecule has 1 rings (SSSR count). The number of aliphatic hydroxyl groups is 2. The molecule has 7 nitrogen and oxygen atoms in total. The van der Waals surface area contributed by atoms with E-state index in [1.807, 2.05) is 0 Å². The molecule has 2 N–H and O–H groups in total. The standard InChI is InChI=1S/C7H11N3O4S/c1-9-4-8-6(10(13)14)7(9)15-3-5(12)2-11/h4-5,11-12H,2-3H2,1H3/t5-/m0/s1. The summed E-state index contributed by atoms with van der Waals surface area (Å²) < 4.78 is 1.51. The molecule has 0 saturated carbocycles. The zero-order chi connectivity index (χ0) is 11.4. The van der Waals surface area contributed by atoms with Gasteiger partial charge in [-0.05, 0) is 9.91 Å². The lowest BCUT2D eigenvalue weighted by molar-refractivity contribution is -0.392. The van der Waals surface area contributed by atoms with Crippen LogP contribution in [0.4, 0.5) is 5.82 Å². The molecule has 84 valence electrons. The number of aryl methyl sites for hydroxylation is 1. The van der Waals surface area contributed by atoms with Crippen molar-refractivity contribution in [1.82, 2.24) is 9.55 Å². The molecule has 0 fully saturated rings. The van der Waals surface area contributed by atoms with Gasteiger partial charge in [-0.15, -0.1) is 0 Å². The molecule has 15 heavy (non-hydrogen) atoms. The highest BCUT2D eigenvalue weighted by atomic mass is 32.2. The van der Waals surface area contributed by atoms with Gasteiger partial charge in [0.25, 0.3) is 0 Å². The number of imidazole rings is 1. The predicted molar refractivity (Wildman–Crippen MR) is 53.7 cm³/mol. The second kappa shape index (κ2) is 5.10. The zero-order valence-corrected chi connectivity index (χ0v) is 8.85. The number of nitro groups is 1. The van der Waals surface area contributed by atoms with Crippen LogP contribution >= 0.6 is 11.8 Å². The molecule has 0 saturated heterocycles. The Bertz CT molecular complexity index is 354. The summed E-state index contributed by atoms with van der Waals surface area (Å²) in [6.45, 7) is -0.362. The summed E-state index contributed by atoms with van der Waals surface area (Å²) >= 11 is 1.09. The molecule has 0 aliphatic carbocycles. The van der Waals surface area contributed by atoms with Crippen LogP contribution < -0.4 is 0 Å². The molecule has 1 aromatic heterocycles. The summed E-state index contributed by atoms with van der Waals surface area (Å²) in [6, 6.07) is 0. The lowest BCUT2D eigenvalue weighted by Crippen LogP contribution is -2.15. The van der Waals surface area contributed by atoms with Crippen LogP contribution in [0.5, 0.6) is 0 Å². The van der Waals surface area contributed by atoms with Gasteiger partial charge in [-0.25, -0.2) is 0 Å². The fraction of sp³-hybridized carbons (Fsp3) is 0.571. The number of rotatable bonds is 5. The van der Waals surface area contributed by atoms with Gasteiger partial charge in [0, 0.05) is 12.8 Å². The van der Waals surface area contributed by atoms with E-state index < -0.39 is 11.0 Å². The van der Waals surface area contributed by atoms with Crippen LogP contribution in [0.1, 0.15) is 0 Å². The number of aliphatic hydroxyl groups excluding tert-OH is 2. The Morgan fingerprint density at radius 1 is 1.80 bits per heavy atom. The molecule has 1 heterocycles. The lowest BCUT2D eigenvalue weighted by Gasteiger charge is -2.05. The van der Waals surface area contributed by atoms with Crippen LogP contribution in [0.3, 0.4) is 0 Å². The number of hydrogen-bond donors (Lipinski definition) is 2. The van der Waals surface area contributed by atoms with Crippen molar-refractivity contribution < 1.29 is 15.1 Å². The molecule has 0 radical (unpaired) electrons. The highest BCUT2D eigenvalue weighted by Crippen LogP contribution is 2.27. The number of nitrogens with zero attached hydrogens (tertiary/aromatic N) is 3. The normalized spacial score (nSPS) is 12.7. The van der Waals surface area contributed by atoms with E-state index in [4.69, 9.17) is 10.2 Å². The fourth-order valence-corrected chi connectivity index (χ4v) is 1.89. The van der Waals surface area contributed by atoms with Crippen molar-refractivity contribution in [3.63, 3.8) is 0 Å². The molecule has 0 amide bonds. The molecule has 0 unspecified atom stereocenters. The average Bonchev–Trinajstić information content (AvgIpc) is 2.56. The van der Waals surface area contributed by atoms with Crippen LogP contribution in [0.15, 0.2) is 11.4 Å². The number of hydrogen-bond acceptors (Lipinski definition) is 6. The Morgan fingerprint density at radius 3 is 3.00 bits per heavy atom. The third-order valence-corrected chi connectivity index (χ3v) is 2.96. The molecule has 8 heteroatoms. The molecular weight excluding hydrogens is 222 g/mol. The van der Waals surface area contributed by atoms with Gasteiger partial charge >= 0.3 is 5.82 Å². The predicted octanol–water partition coefficient (Wildman–Crippen LogP) is -0.226. The van der Waals surface area contributed by atoms with Crippen molar-refractivity contribution in [3.05, 3.63) is 16.4 Å². The van der Waals surface area contributed by atoms with Crippen molar-refractivity contribution in [3.8, 4) is 0 Å². The minimum atomic E-state index is -0.885. The van der Waals surface area contributed by atoms with E-state index in [9.17, 15) is 10.1 Å². The van der Waals surface area contributed by atoms with Gasteiger partial charge in [0.2, 0.25) is 6.33 Å². The second-order valence-corrected chi connectivity index (χ2v) is 3.90. The molecule has 0 bridgehead atoms. The van der Waals surface area contributed by atoms with Crippen LogP contribution in [-0.4, -0.2) is 43.2 Å². The molecule has 1 aromatic rings. The van der Waals surface area contributed by atoms with Gasteiger partial charge in [0.1, 0.15) is 0 Å². The van der Waals surface area contributed by atoms with Gasteiger partial charge in [0.05, 0.1) is 12.7 Å². The van der Waals surface area contributed by atoms with E-state index in [1.54, 1.807) is 7.05 Å². The number of aromatic nitrogens is 2. The Kier molecular flexibility index (Phi) is 4.06. The highest BCUT2D eigenvalue weighted by Gasteiger charge is 2.21. The first-order valence-corrected chi connectivity index (χ1v) is 5.12. The molecule has 0 spiro atoms. The fourth-order valence-electron chi connectivity index (χ4n) is 0.926. The van der Waals surface area contributed by atoms with E-state index in [1.165, 1.54) is 10.9 Å². The summed E-state index contributed by atoms with van der Waals surface area (Å²) in [5.74, 6) is -0.0377. The monoisotopic (exact) mass is 233 g/mol. The maximum absolute atomic E-state index is 10.6. The molecule has 0 aliphatic heterocycles. The van der Waals surface area contributed by atoms with Crippen molar-refractivity contribution in [2.75, 3.05) is 12.4 Å². The summed E-state index contributed by atoms with van der Waals surface area (Å²) in [6.07, 6.45) is 0.454. The van der Waals surface area contributed by atoms with E-state index >= 15 is 0 Å². The van der Waals surface area contributed by atoms with Crippen LogP contribution in [-0.2, 0) is 7.05 Å². The first-order chi connectivity index (χ1) is 7.06. The van der Waals surface area contributed by atoms with Crippen molar-refractivity contribution in [2.24, 2.45) is 7.05 Å². The quantitative estimate of drug-likeness (QED) is 0.414. The second-order valence-electron chi connectivity index (χ2n) is 2.89. The lowest BCUT2D eigenvalue weighted by atomic mass is 10.4. The van der Waals surface area contributed by atoms with E-state index in [0.717, 1.165) is 11.8 Å². The Morgan fingerprint density at radius 2 is 2.47 bits per heavy atom. The highest BCUT2D eigenvalue weighted by molar-refractivity contribution is 7.99. The summed E-state index contributed by atoms with van der Waals surface area (Å²) in [5, 5.41) is 28.6. The topological polar surface area (TPSA) is 101 Å². The van der Waals surface area contributed by atoms with Gasteiger partial charge < -0.3 is 24.9 Å². The Labute approximate surface area is 89.9 Å². The maximum atomic E-state index is 10.6. The minimum Gasteiger partial charge on any atom is -0.394 e. The summed E-state index contributed by atoms with van der Waals surface area (Å²) in [7, 11) is 1.63. The minimum absolute atomic E-state index is 0.191. The van der Waals surface area contributed by atoms with Crippen LogP contribution in [0.25, 0.3) is 0 Å². The molecular formula is C7H11N3O4S.